The number of benzene rings is 1. The number of carboxylic acid groups (broad SMARTS) is 1. The van der Waals surface area contributed by atoms with E-state index in [9.17, 15) is 18.0 Å². The van der Waals surface area contributed by atoms with Gasteiger partial charge in [0.2, 0.25) is 15.9 Å². The van der Waals surface area contributed by atoms with Crippen molar-refractivity contribution in [3.8, 4) is 0 Å². The third kappa shape index (κ3) is 4.98. The molecule has 150 valence electrons. The number of carbonyl (C=O) groups excluding carboxylic acids is 1. The zero-order valence-electron chi connectivity index (χ0n) is 15.2. The highest BCUT2D eigenvalue weighted by Crippen LogP contribution is 2.25. The number of amides is 1. The lowest BCUT2D eigenvalue weighted by Crippen LogP contribution is -2.42. The summed E-state index contributed by atoms with van der Waals surface area (Å²) in [5, 5.41) is 15.9. The van der Waals surface area contributed by atoms with Gasteiger partial charge >= 0.3 is 5.97 Å². The van der Waals surface area contributed by atoms with Crippen LogP contribution >= 0.6 is 11.3 Å². The first kappa shape index (κ1) is 20.5. The normalized spacial score (nSPS) is 17.9. The quantitative estimate of drug-likeness (QED) is 0.714. The van der Waals surface area contributed by atoms with Crippen LogP contribution in [0.25, 0.3) is 0 Å². The van der Waals surface area contributed by atoms with Crippen molar-refractivity contribution in [1.29, 1.82) is 0 Å². The van der Waals surface area contributed by atoms with E-state index in [1.807, 2.05) is 16.8 Å². The van der Waals surface area contributed by atoms with Crippen molar-refractivity contribution >= 4 is 38.9 Å². The topological polar surface area (TPSA) is 104 Å². The van der Waals surface area contributed by atoms with Crippen LogP contribution in [0.5, 0.6) is 0 Å². The Bertz CT molecular complexity index is 924. The SMILES string of the molecule is O=C(CCc1ccsc1)Nc1ccc(S(=O)(=O)N2CCC[C@H](C(=O)O)C2)cc1. The molecule has 0 radical (unpaired) electrons. The highest BCUT2D eigenvalue weighted by atomic mass is 32.2. The molecular weight excluding hydrogens is 400 g/mol. The number of sulfonamides is 1. The molecule has 0 spiro atoms. The number of piperidine rings is 1. The van der Waals surface area contributed by atoms with E-state index in [-0.39, 0.29) is 17.3 Å². The van der Waals surface area contributed by atoms with Gasteiger partial charge < -0.3 is 10.4 Å². The summed E-state index contributed by atoms with van der Waals surface area (Å²) in [5.74, 6) is -1.78. The largest absolute Gasteiger partial charge is 0.481 e. The lowest BCUT2D eigenvalue weighted by molar-refractivity contribution is -0.142. The summed E-state index contributed by atoms with van der Waals surface area (Å²) >= 11 is 1.59. The monoisotopic (exact) mass is 422 g/mol. The molecule has 0 bridgehead atoms. The molecule has 28 heavy (non-hydrogen) atoms. The van der Waals surface area contributed by atoms with Crippen LogP contribution in [0.15, 0.2) is 46.0 Å². The first-order valence-corrected chi connectivity index (χ1v) is 11.4. The van der Waals surface area contributed by atoms with Gasteiger partial charge in [-0.3, -0.25) is 9.59 Å². The molecule has 1 saturated heterocycles. The van der Waals surface area contributed by atoms with Crippen molar-refractivity contribution in [1.82, 2.24) is 4.31 Å². The summed E-state index contributed by atoms with van der Waals surface area (Å²) in [5.41, 5.74) is 1.64. The van der Waals surface area contributed by atoms with Crippen molar-refractivity contribution in [3.05, 3.63) is 46.7 Å². The van der Waals surface area contributed by atoms with Crippen LogP contribution in [0.4, 0.5) is 5.69 Å². The summed E-state index contributed by atoms with van der Waals surface area (Å²) in [4.78, 5) is 23.3. The summed E-state index contributed by atoms with van der Waals surface area (Å²) < 4.78 is 26.8. The fraction of sp³-hybridized carbons (Fsp3) is 0.368. The van der Waals surface area contributed by atoms with Gasteiger partial charge in [-0.05, 0) is 65.9 Å². The van der Waals surface area contributed by atoms with E-state index in [1.54, 1.807) is 23.5 Å². The molecule has 7 nitrogen and oxygen atoms in total. The number of aliphatic carboxylic acids is 1. The molecule has 3 rings (SSSR count). The van der Waals surface area contributed by atoms with E-state index in [0.717, 1.165) is 5.56 Å². The minimum atomic E-state index is -3.76. The zero-order valence-corrected chi connectivity index (χ0v) is 16.8. The number of thiophene rings is 1. The smallest absolute Gasteiger partial charge is 0.307 e. The van der Waals surface area contributed by atoms with Crippen LogP contribution in [-0.4, -0.2) is 42.8 Å². The van der Waals surface area contributed by atoms with Gasteiger partial charge in [0, 0.05) is 25.2 Å². The maximum Gasteiger partial charge on any atom is 0.307 e. The molecule has 1 atom stereocenters. The van der Waals surface area contributed by atoms with Gasteiger partial charge in [-0.15, -0.1) is 0 Å². The van der Waals surface area contributed by atoms with Crippen molar-refractivity contribution in [2.75, 3.05) is 18.4 Å². The Balaban J connectivity index is 1.61. The minimum Gasteiger partial charge on any atom is -0.481 e. The van der Waals surface area contributed by atoms with E-state index in [2.05, 4.69) is 5.32 Å². The predicted octanol–water partition coefficient (Wildman–Crippen LogP) is 2.80. The molecule has 1 aromatic heterocycles. The van der Waals surface area contributed by atoms with Crippen LogP contribution in [0, 0.1) is 5.92 Å². The number of nitrogens with one attached hydrogen (secondary N) is 1. The van der Waals surface area contributed by atoms with Gasteiger partial charge in [0.25, 0.3) is 0 Å². The van der Waals surface area contributed by atoms with Gasteiger partial charge in [-0.1, -0.05) is 0 Å². The molecule has 9 heteroatoms. The first-order valence-electron chi connectivity index (χ1n) is 9.00. The van der Waals surface area contributed by atoms with E-state index >= 15 is 0 Å². The maximum atomic E-state index is 12.8. The molecule has 0 saturated carbocycles. The van der Waals surface area contributed by atoms with Crippen molar-refractivity contribution in [3.63, 3.8) is 0 Å². The first-order chi connectivity index (χ1) is 13.4. The number of hydrogen-bond acceptors (Lipinski definition) is 5. The average molecular weight is 423 g/mol. The Kier molecular flexibility index (Phi) is 6.48. The molecule has 1 fully saturated rings. The van der Waals surface area contributed by atoms with Crippen molar-refractivity contribution in [2.24, 2.45) is 5.92 Å². The van der Waals surface area contributed by atoms with E-state index in [0.29, 0.717) is 37.9 Å². The van der Waals surface area contributed by atoms with Gasteiger partial charge in [0.1, 0.15) is 0 Å². The summed E-state index contributed by atoms with van der Waals surface area (Å²) in [6.07, 6.45) is 2.01. The Labute approximate surface area is 168 Å². The second kappa shape index (κ2) is 8.85. The Morgan fingerprint density at radius 1 is 1.21 bits per heavy atom. The number of carboxylic acids is 1. The van der Waals surface area contributed by atoms with Crippen LogP contribution in [-0.2, 0) is 26.0 Å². The molecule has 1 aromatic carbocycles. The number of rotatable bonds is 7. The molecule has 2 aromatic rings. The van der Waals surface area contributed by atoms with Gasteiger partial charge in [-0.25, -0.2) is 8.42 Å². The maximum absolute atomic E-state index is 12.8. The lowest BCUT2D eigenvalue weighted by Gasteiger charge is -2.29. The summed E-state index contributed by atoms with van der Waals surface area (Å²) in [6.45, 7) is 0.298. The predicted molar refractivity (Wildman–Crippen MR) is 107 cm³/mol. The van der Waals surface area contributed by atoms with Gasteiger partial charge in [-0.2, -0.15) is 15.6 Å². The third-order valence-corrected chi connectivity index (χ3v) is 7.34. The number of carbonyl (C=O) groups is 2. The Morgan fingerprint density at radius 3 is 2.61 bits per heavy atom. The second-order valence-corrected chi connectivity index (χ2v) is 9.46. The van der Waals surface area contributed by atoms with Crippen LogP contribution in [0.3, 0.4) is 0 Å². The number of hydrogen-bond donors (Lipinski definition) is 2. The highest BCUT2D eigenvalue weighted by Gasteiger charge is 2.33. The third-order valence-electron chi connectivity index (χ3n) is 4.73. The number of nitrogens with zero attached hydrogens (tertiary/aromatic N) is 1. The summed E-state index contributed by atoms with van der Waals surface area (Å²) in [6, 6.07) is 7.96. The fourth-order valence-corrected chi connectivity index (χ4v) is 5.36. The van der Waals surface area contributed by atoms with Crippen molar-refractivity contribution in [2.45, 2.75) is 30.6 Å². The van der Waals surface area contributed by atoms with Crippen molar-refractivity contribution < 1.29 is 23.1 Å². The van der Waals surface area contributed by atoms with Gasteiger partial charge in [0.15, 0.2) is 0 Å². The molecule has 2 N–H and O–H groups in total. The highest BCUT2D eigenvalue weighted by molar-refractivity contribution is 7.89. The van der Waals surface area contributed by atoms with E-state index < -0.39 is 21.9 Å². The summed E-state index contributed by atoms with van der Waals surface area (Å²) in [7, 11) is -3.76. The molecule has 1 aliphatic rings. The molecular formula is C19H22N2O5S2. The number of anilines is 1. The van der Waals surface area contributed by atoms with Crippen LogP contribution < -0.4 is 5.32 Å². The van der Waals surface area contributed by atoms with Crippen LogP contribution in [0.1, 0.15) is 24.8 Å². The van der Waals surface area contributed by atoms with E-state index in [1.165, 1.54) is 16.4 Å². The number of aryl methyl sites for hydroxylation is 1. The Morgan fingerprint density at radius 2 is 1.96 bits per heavy atom. The standard InChI is InChI=1S/C19H22N2O5S2/c22-18(8-3-14-9-11-27-13-14)20-16-4-6-17(7-5-16)28(25,26)21-10-1-2-15(12-21)19(23)24/h4-7,9,11,13,15H,1-3,8,10,12H2,(H,20,22)(H,23,24)/t15-/m0/s1. The van der Waals surface area contributed by atoms with Crippen LogP contribution in [0.2, 0.25) is 0 Å². The van der Waals surface area contributed by atoms with E-state index in [4.69, 9.17) is 5.11 Å². The molecule has 0 unspecified atom stereocenters. The zero-order chi connectivity index (χ0) is 20.1. The van der Waals surface area contributed by atoms with Gasteiger partial charge in [0.05, 0.1) is 10.8 Å². The molecule has 1 aliphatic heterocycles. The average Bonchev–Trinajstić information content (AvgIpc) is 3.20. The molecule has 1 amide bonds. The Hall–Kier alpha value is -2.23. The fourth-order valence-electron chi connectivity index (χ4n) is 3.14. The second-order valence-electron chi connectivity index (χ2n) is 6.74. The minimum absolute atomic E-state index is 0.0151. The lowest BCUT2D eigenvalue weighted by atomic mass is 10.0. The molecule has 2 heterocycles. The molecule has 0 aliphatic carbocycles.